The predicted octanol–water partition coefficient (Wildman–Crippen LogP) is 3.37. The summed E-state index contributed by atoms with van der Waals surface area (Å²) in [5.41, 5.74) is 1.33. The number of rotatable bonds is 4. The minimum Gasteiger partial charge on any atom is -0.356 e. The van der Waals surface area contributed by atoms with Crippen LogP contribution in [0, 0.1) is 0 Å². The van der Waals surface area contributed by atoms with Crippen molar-refractivity contribution in [2.75, 3.05) is 18.0 Å². The van der Waals surface area contributed by atoms with Crippen LogP contribution < -0.4 is 4.90 Å². The molecule has 2 aromatic rings. The van der Waals surface area contributed by atoms with Gasteiger partial charge in [-0.1, -0.05) is 30.3 Å². The van der Waals surface area contributed by atoms with Gasteiger partial charge in [-0.3, -0.25) is 0 Å². The zero-order valence-corrected chi connectivity index (χ0v) is 11.6. The second-order valence-corrected chi connectivity index (χ2v) is 5.68. The summed E-state index contributed by atoms with van der Waals surface area (Å²) in [6.07, 6.45) is 4.23. The molecule has 2 heterocycles. The van der Waals surface area contributed by atoms with Gasteiger partial charge in [0.15, 0.2) is 0 Å². The van der Waals surface area contributed by atoms with Crippen LogP contribution in [-0.4, -0.2) is 23.1 Å². The van der Waals surface area contributed by atoms with Crippen molar-refractivity contribution in [3.8, 4) is 0 Å². The van der Waals surface area contributed by atoms with E-state index in [1.807, 2.05) is 6.07 Å². The first-order valence-corrected chi connectivity index (χ1v) is 7.64. The lowest BCUT2D eigenvalue weighted by Crippen LogP contribution is -2.18. The number of hydrogen-bond acceptors (Lipinski definition) is 4. The van der Waals surface area contributed by atoms with Crippen LogP contribution in [0.25, 0.3) is 0 Å². The third-order valence-corrected chi connectivity index (χ3v) is 4.28. The molecule has 0 spiro atoms. The highest BCUT2D eigenvalue weighted by Gasteiger charge is 2.13. The van der Waals surface area contributed by atoms with Crippen molar-refractivity contribution < 1.29 is 0 Å². The number of hydrogen-bond donors (Lipinski definition) is 0. The van der Waals surface area contributed by atoms with Gasteiger partial charge in [-0.2, -0.15) is 0 Å². The van der Waals surface area contributed by atoms with Gasteiger partial charge in [0.2, 0.25) is 0 Å². The van der Waals surface area contributed by atoms with Crippen molar-refractivity contribution in [2.24, 2.45) is 0 Å². The van der Waals surface area contributed by atoms with E-state index in [1.54, 1.807) is 18.1 Å². The Morgan fingerprint density at radius 3 is 2.63 bits per heavy atom. The van der Waals surface area contributed by atoms with E-state index in [4.69, 9.17) is 0 Å². The Morgan fingerprint density at radius 1 is 1.05 bits per heavy atom. The van der Waals surface area contributed by atoms with E-state index in [1.165, 1.54) is 18.4 Å². The van der Waals surface area contributed by atoms with Gasteiger partial charge in [-0.05, 0) is 18.4 Å². The normalized spacial score (nSPS) is 14.8. The fourth-order valence-electron chi connectivity index (χ4n) is 2.26. The van der Waals surface area contributed by atoms with E-state index in [0.717, 1.165) is 29.7 Å². The fraction of sp³-hybridized carbons (Fsp3) is 0.333. The molecule has 1 aromatic heterocycles. The molecule has 0 N–H and O–H groups in total. The summed E-state index contributed by atoms with van der Waals surface area (Å²) in [6, 6.07) is 12.6. The lowest BCUT2D eigenvalue weighted by atomic mass is 10.2. The molecule has 1 saturated heterocycles. The van der Waals surface area contributed by atoms with E-state index >= 15 is 0 Å². The average Bonchev–Trinajstić information content (AvgIpc) is 3.01. The molecule has 1 aliphatic heterocycles. The molecule has 4 heteroatoms. The molecule has 3 nitrogen and oxygen atoms in total. The summed E-state index contributed by atoms with van der Waals surface area (Å²) in [7, 11) is 0. The van der Waals surface area contributed by atoms with Gasteiger partial charge in [-0.15, -0.1) is 11.8 Å². The minimum atomic E-state index is 0.956. The monoisotopic (exact) mass is 271 g/mol. The highest BCUT2D eigenvalue weighted by molar-refractivity contribution is 7.98. The fourth-order valence-corrected chi connectivity index (χ4v) is 3.08. The number of nitrogens with zero attached hydrogens (tertiary/aromatic N) is 3. The number of aromatic nitrogens is 2. The van der Waals surface area contributed by atoms with Crippen molar-refractivity contribution in [2.45, 2.75) is 23.6 Å². The number of anilines is 1. The first-order valence-electron chi connectivity index (χ1n) is 6.65. The molecule has 19 heavy (non-hydrogen) atoms. The quantitative estimate of drug-likeness (QED) is 0.630. The molecule has 0 amide bonds. The average molecular weight is 271 g/mol. The van der Waals surface area contributed by atoms with Gasteiger partial charge in [0, 0.05) is 24.9 Å². The lowest BCUT2D eigenvalue weighted by Gasteiger charge is -2.16. The van der Waals surface area contributed by atoms with E-state index < -0.39 is 0 Å². The summed E-state index contributed by atoms with van der Waals surface area (Å²) in [4.78, 5) is 11.1. The van der Waals surface area contributed by atoms with Crippen LogP contribution in [-0.2, 0) is 5.75 Å². The van der Waals surface area contributed by atoms with Crippen LogP contribution in [0.4, 0.5) is 5.82 Å². The second kappa shape index (κ2) is 6.06. The molecule has 1 fully saturated rings. The first-order chi connectivity index (χ1) is 9.42. The molecule has 0 unspecified atom stereocenters. The third kappa shape index (κ3) is 3.26. The van der Waals surface area contributed by atoms with E-state index in [0.29, 0.717) is 0 Å². The van der Waals surface area contributed by atoms with Crippen LogP contribution in [0.3, 0.4) is 0 Å². The Morgan fingerprint density at radius 2 is 1.84 bits per heavy atom. The number of benzene rings is 1. The Kier molecular flexibility index (Phi) is 3.98. The summed E-state index contributed by atoms with van der Waals surface area (Å²) in [5, 5.41) is 1.06. The molecule has 0 aliphatic carbocycles. The van der Waals surface area contributed by atoms with Gasteiger partial charge in [-0.25, -0.2) is 9.97 Å². The van der Waals surface area contributed by atoms with Gasteiger partial charge in [0.05, 0.1) is 0 Å². The molecule has 0 bridgehead atoms. The molecule has 98 valence electrons. The lowest BCUT2D eigenvalue weighted by molar-refractivity contribution is 0.908. The molecule has 0 saturated carbocycles. The largest absolute Gasteiger partial charge is 0.356 e. The van der Waals surface area contributed by atoms with E-state index in [-0.39, 0.29) is 0 Å². The zero-order valence-electron chi connectivity index (χ0n) is 10.8. The summed E-state index contributed by atoms with van der Waals surface area (Å²) in [5.74, 6) is 2.03. The molecule has 1 aromatic carbocycles. The molecule has 1 aliphatic rings. The molecular formula is C15H17N3S. The van der Waals surface area contributed by atoms with E-state index in [9.17, 15) is 0 Å². The molecule has 3 rings (SSSR count). The van der Waals surface area contributed by atoms with Crippen LogP contribution in [0.15, 0.2) is 47.8 Å². The number of thioether (sulfide) groups is 1. The van der Waals surface area contributed by atoms with Gasteiger partial charge < -0.3 is 4.90 Å². The maximum absolute atomic E-state index is 4.38. The van der Waals surface area contributed by atoms with Gasteiger partial charge >= 0.3 is 0 Å². The SMILES string of the molecule is c1ccc(CSc2cc(N3CCCC3)ncn2)cc1. The highest BCUT2D eigenvalue weighted by Crippen LogP contribution is 2.24. The Hall–Kier alpha value is -1.55. The van der Waals surface area contributed by atoms with E-state index in [2.05, 4.69) is 45.2 Å². The Balaban J connectivity index is 1.66. The standard InChI is InChI=1S/C15H17N3S/c1-2-6-13(7-3-1)11-19-15-10-14(16-12-17-15)18-8-4-5-9-18/h1-3,6-7,10,12H,4-5,8-9,11H2. The Labute approximate surface area is 118 Å². The summed E-state index contributed by atoms with van der Waals surface area (Å²) >= 11 is 1.77. The van der Waals surface area contributed by atoms with Crippen molar-refractivity contribution in [3.63, 3.8) is 0 Å². The molecular weight excluding hydrogens is 254 g/mol. The van der Waals surface area contributed by atoms with Crippen LogP contribution in [0.2, 0.25) is 0 Å². The molecule has 0 atom stereocenters. The smallest absolute Gasteiger partial charge is 0.133 e. The second-order valence-electron chi connectivity index (χ2n) is 4.68. The maximum atomic E-state index is 4.38. The Bertz CT molecular complexity index is 524. The summed E-state index contributed by atoms with van der Waals surface area (Å²) in [6.45, 7) is 2.25. The molecule has 0 radical (unpaired) electrons. The topological polar surface area (TPSA) is 29.0 Å². The van der Waals surface area contributed by atoms with Crippen molar-refractivity contribution in [3.05, 3.63) is 48.3 Å². The van der Waals surface area contributed by atoms with Crippen LogP contribution in [0.5, 0.6) is 0 Å². The van der Waals surface area contributed by atoms with Crippen molar-refractivity contribution in [1.82, 2.24) is 9.97 Å². The van der Waals surface area contributed by atoms with Crippen LogP contribution >= 0.6 is 11.8 Å². The highest BCUT2D eigenvalue weighted by atomic mass is 32.2. The zero-order chi connectivity index (χ0) is 12.9. The minimum absolute atomic E-state index is 0.956. The third-order valence-electron chi connectivity index (χ3n) is 3.29. The van der Waals surface area contributed by atoms with Gasteiger partial charge in [0.25, 0.3) is 0 Å². The first kappa shape index (κ1) is 12.5. The predicted molar refractivity (Wildman–Crippen MR) is 79.5 cm³/mol. The maximum Gasteiger partial charge on any atom is 0.133 e. The van der Waals surface area contributed by atoms with Crippen molar-refractivity contribution >= 4 is 17.6 Å². The van der Waals surface area contributed by atoms with Gasteiger partial charge in [0.1, 0.15) is 17.2 Å². The van der Waals surface area contributed by atoms with Crippen LogP contribution in [0.1, 0.15) is 18.4 Å². The summed E-state index contributed by atoms with van der Waals surface area (Å²) < 4.78 is 0. The van der Waals surface area contributed by atoms with Crippen molar-refractivity contribution in [1.29, 1.82) is 0 Å².